The Bertz CT molecular complexity index is 6490. The van der Waals surface area contributed by atoms with E-state index in [0.29, 0.717) is 80.1 Å². The van der Waals surface area contributed by atoms with Gasteiger partial charge < -0.3 is 68.0 Å². The van der Waals surface area contributed by atoms with Gasteiger partial charge in [0.1, 0.15) is 64.1 Å². The number of aryl methyl sites for hydroxylation is 2. The van der Waals surface area contributed by atoms with Gasteiger partial charge in [-0.05, 0) is 208 Å². The molecule has 14 heterocycles. The number of nitrogen functional groups attached to an aromatic ring is 4. The second kappa shape index (κ2) is 40.3. The minimum Gasteiger partial charge on any atom is -0.496 e. The molecule has 16 aromatic rings. The lowest BCUT2D eigenvalue weighted by molar-refractivity contribution is 0.221. The Morgan fingerprint density at radius 2 is 0.809 bits per heavy atom. The van der Waals surface area contributed by atoms with Crippen LogP contribution in [0.3, 0.4) is 0 Å². The molecule has 0 spiro atoms. The molecule has 3 saturated heterocycles. The summed E-state index contributed by atoms with van der Waals surface area (Å²) in [7, 11) is 3.44. The van der Waals surface area contributed by atoms with Gasteiger partial charge >= 0.3 is 0 Å². The number of hydrogen-bond donors (Lipinski definition) is 7. The van der Waals surface area contributed by atoms with E-state index in [0.717, 1.165) is 159 Å². The van der Waals surface area contributed by atoms with E-state index in [4.69, 9.17) is 32.4 Å². The number of thiophene rings is 2. The minimum atomic E-state index is -0.476. The Labute approximate surface area is 759 Å². The van der Waals surface area contributed by atoms with Crippen LogP contribution in [0.1, 0.15) is 41.7 Å². The van der Waals surface area contributed by atoms with Gasteiger partial charge in [-0.25, -0.2) is 37.5 Å². The number of para-hydroxylation sites is 1. The normalized spacial score (nSPS) is 13.3. The predicted octanol–water partition coefficient (Wildman–Crippen LogP) is 11.8. The summed E-state index contributed by atoms with van der Waals surface area (Å²) in [4.78, 5) is 27.1. The number of rotatable bonds is 22. The zero-order valence-corrected chi connectivity index (χ0v) is 75.1. The first-order chi connectivity index (χ1) is 63.7. The number of benzene rings is 5. The fourth-order valence-corrected chi connectivity index (χ4v) is 17.3. The zero-order valence-electron chi connectivity index (χ0n) is 73.5. The van der Waals surface area contributed by atoms with Gasteiger partial charge in [0.15, 0.2) is 46.6 Å². The molecule has 5 aromatic carbocycles. The first-order valence-corrected chi connectivity index (χ1v) is 44.3. The highest BCUT2D eigenvalue weighted by atomic mass is 32.1. The Morgan fingerprint density at radius 3 is 1.21 bits per heavy atom. The molecule has 3 aliphatic rings. The third-order valence-electron chi connectivity index (χ3n) is 23.0. The van der Waals surface area contributed by atoms with Crippen LogP contribution in [0.2, 0.25) is 0 Å². The van der Waals surface area contributed by atoms with Crippen molar-refractivity contribution in [3.8, 4) is 124 Å². The lowest BCUT2D eigenvalue weighted by Gasteiger charge is -2.31. The van der Waals surface area contributed by atoms with Crippen LogP contribution < -0.4 is 63.1 Å². The van der Waals surface area contributed by atoms with Crippen molar-refractivity contribution < 1.29 is 27.0 Å². The number of anilines is 7. The van der Waals surface area contributed by atoms with E-state index in [9.17, 15) is 0 Å². The number of pyridine rings is 4. The molecule has 11 N–H and O–H groups in total. The van der Waals surface area contributed by atoms with Gasteiger partial charge in [-0.3, -0.25) is 4.68 Å². The lowest BCUT2D eigenvalue weighted by Crippen LogP contribution is -2.43. The van der Waals surface area contributed by atoms with Crippen LogP contribution in [0.5, 0.6) is 11.5 Å². The highest BCUT2D eigenvalue weighted by Gasteiger charge is 2.29. The lowest BCUT2D eigenvalue weighted by atomic mass is 10.0. The van der Waals surface area contributed by atoms with E-state index in [1.54, 1.807) is 123 Å². The van der Waals surface area contributed by atoms with Crippen molar-refractivity contribution in [1.82, 2.24) is 131 Å². The maximum Gasteiger partial charge on any atom is 0.190 e. The fourth-order valence-electron chi connectivity index (χ4n) is 15.8. The van der Waals surface area contributed by atoms with Gasteiger partial charge in [0, 0.05) is 201 Å². The van der Waals surface area contributed by atoms with Crippen LogP contribution in [0.15, 0.2) is 163 Å². The molecule has 0 amide bonds. The van der Waals surface area contributed by atoms with Crippen molar-refractivity contribution >= 4 is 63.0 Å². The Kier molecular flexibility index (Phi) is 27.6. The summed E-state index contributed by atoms with van der Waals surface area (Å²) < 4.78 is 80.5. The van der Waals surface area contributed by atoms with E-state index in [-0.39, 0.29) is 69.3 Å². The van der Waals surface area contributed by atoms with Crippen molar-refractivity contribution in [2.45, 2.75) is 48.5 Å². The smallest absolute Gasteiger partial charge is 0.190 e. The maximum absolute atomic E-state index is 15.5. The molecule has 19 rings (SSSR count). The Balaban J connectivity index is 0.000000128. The number of ether oxygens (including phenoxy) is 2. The van der Waals surface area contributed by atoms with Crippen LogP contribution in [0, 0.1) is 57.9 Å². The van der Waals surface area contributed by atoms with Crippen molar-refractivity contribution in [2.24, 2.45) is 7.05 Å². The second-order valence-corrected chi connectivity index (χ2v) is 32.8. The van der Waals surface area contributed by atoms with Gasteiger partial charge in [-0.2, -0.15) is 35.2 Å². The largest absolute Gasteiger partial charge is 0.496 e. The number of halogens is 4. The minimum absolute atomic E-state index is 0.186. The number of likely N-dealkylation sites (N-methyl/N-ethyl adjacent to an activating group) is 1. The third-order valence-corrected chi connectivity index (χ3v) is 24.8. The first kappa shape index (κ1) is 89.7. The molecule has 41 heteroatoms. The standard InChI is InChI=1S/C26H30FN7O2.C22H23FN8S.C21H23FN10.C21H21FN8S/c1-5-33(6-2)13-14-36-22-12-11-21(24(27)17(22)3)34-26(30-31-32-34)20-15-18(16-29-25(20)28)19-9-7-8-10-23(19)35-4;1-13-9-19(32-12-13)15-10-16(21(24)26-11-15)22-27-28-29-31(22)18-4-3-17(14(2)20(18)23)30-7-5-25-6-8-30;1-13-17(31-7-5-24-6-8-31)3-4-18(19(13)22)32-21(27-28-29-32)16-9-14(10-25-20(16)23)15-11-26-30(2)12-15;1-13-17(29-7-5-24-6-8-29)2-3-18(19(13)22)30-21(26-27-28-30)16-10-15(11-25-20(16)23)14-4-9-31-12-14/h7-12,15-16H,5-6,13-14H2,1-4H3,(H2,28,29);3-4,9-12,25H,5-8H2,1-2H3,(H2,24,26);3-4,9-12,24H,5-8H2,1-2H3,(H2,23,25);2-4,9-12,24H,5-8H2,1H3,(H2,23,25). The SMILES string of the molecule is CCN(CC)CCOc1ccc(-n2nnnc2-c2cc(-c3ccccc3OC)cnc2N)c(F)c1C.Cc1c(N2CCNCC2)ccc(-n2nnnc2-c2cc(-c3ccsc3)cnc2N)c1F.Cc1c(N2CCNCC2)ccc(-n2nnnc2-c2cc(-c3cnn(C)c3)cnc2N)c1F.Cc1csc(-c2cnc(N)c(-c3nnnn3-c3ccc(N4CCNCC4)c(C)c3F)c2)c1. The summed E-state index contributed by atoms with van der Waals surface area (Å²) in [5, 5.41) is 68.1. The molecule has 3 aliphatic heterocycles. The molecule has 3 fully saturated rings. The number of nitrogens with one attached hydrogen (secondary N) is 3. The van der Waals surface area contributed by atoms with Gasteiger partial charge in [0.25, 0.3) is 0 Å². The molecule has 0 aliphatic carbocycles. The van der Waals surface area contributed by atoms with Crippen LogP contribution >= 0.6 is 22.7 Å². The van der Waals surface area contributed by atoms with Gasteiger partial charge in [0.05, 0.1) is 35.6 Å². The molecule has 0 atom stereocenters. The van der Waals surface area contributed by atoms with E-state index in [2.05, 4.69) is 148 Å². The summed E-state index contributed by atoms with van der Waals surface area (Å²) in [6, 6.07) is 33.3. The maximum atomic E-state index is 15.5. The molecule has 0 radical (unpaired) electrons. The van der Waals surface area contributed by atoms with Crippen LogP contribution in [-0.2, 0) is 7.05 Å². The molecular formula is C90H97F4N33O2S2. The number of hydrogen-bond acceptors (Lipinski definition) is 32. The van der Waals surface area contributed by atoms with Gasteiger partial charge in [0.2, 0.25) is 0 Å². The summed E-state index contributed by atoms with van der Waals surface area (Å²) in [6.07, 6.45) is 10.4. The number of piperazine rings is 3. The van der Waals surface area contributed by atoms with Crippen molar-refractivity contribution in [3.63, 3.8) is 0 Å². The first-order valence-electron chi connectivity index (χ1n) is 42.4. The molecule has 131 heavy (non-hydrogen) atoms. The summed E-state index contributed by atoms with van der Waals surface area (Å²) in [6.45, 7) is 26.7. The highest BCUT2D eigenvalue weighted by Crippen LogP contribution is 2.41. The van der Waals surface area contributed by atoms with Gasteiger partial charge in [-0.15, -0.1) is 31.7 Å². The molecule has 0 saturated carbocycles. The number of tetrazole rings is 4. The predicted molar refractivity (Wildman–Crippen MR) is 500 cm³/mol. The highest BCUT2D eigenvalue weighted by molar-refractivity contribution is 7.13. The zero-order chi connectivity index (χ0) is 91.5. The third kappa shape index (κ3) is 19.3. The Hall–Kier alpha value is -14.7. The van der Waals surface area contributed by atoms with Crippen molar-refractivity contribution in [1.29, 1.82) is 0 Å². The van der Waals surface area contributed by atoms with E-state index in [1.807, 2.05) is 104 Å². The van der Waals surface area contributed by atoms with Gasteiger partial charge in [-0.1, -0.05) is 32.0 Å². The topological polar surface area (TPSA) is 415 Å². The number of nitrogens with zero attached hydrogens (tertiary/aromatic N) is 26. The monoisotopic (exact) mass is 1810 g/mol. The molecule has 0 unspecified atom stereocenters. The number of aromatic nitrogens is 22. The van der Waals surface area contributed by atoms with Crippen LogP contribution in [0.25, 0.3) is 112 Å². The Morgan fingerprint density at radius 1 is 0.420 bits per heavy atom. The van der Waals surface area contributed by atoms with E-state index >= 15 is 17.6 Å². The fraction of sp³-hybridized carbons (Fsp3) is 0.278. The van der Waals surface area contributed by atoms with E-state index < -0.39 is 5.82 Å². The summed E-state index contributed by atoms with van der Waals surface area (Å²) >= 11 is 3.22. The van der Waals surface area contributed by atoms with Crippen LogP contribution in [0.4, 0.5) is 57.9 Å². The number of nitrogens with two attached hydrogens (primary N) is 4. The summed E-state index contributed by atoms with van der Waals surface area (Å²) in [5.74, 6) is 1.92. The van der Waals surface area contributed by atoms with Crippen molar-refractivity contribution in [2.75, 3.05) is 150 Å². The molecular weight excluding hydrogens is 1720 g/mol. The average molecular weight is 1810 g/mol. The molecule has 35 nitrogen and oxygen atoms in total. The summed E-state index contributed by atoms with van der Waals surface area (Å²) in [5.41, 5.74) is 39.8. The van der Waals surface area contributed by atoms with Crippen LogP contribution in [-0.4, -0.2) is 227 Å². The quantitative estimate of drug-likeness (QED) is 0.0310. The molecule has 0 bridgehead atoms. The van der Waals surface area contributed by atoms with Crippen molar-refractivity contribution in [3.05, 3.63) is 214 Å². The van der Waals surface area contributed by atoms with E-state index in [1.165, 1.54) is 24.3 Å². The average Bonchev–Trinajstić information content (AvgIpc) is 1.70. The second-order valence-electron chi connectivity index (χ2n) is 31.1. The molecule has 674 valence electrons. The molecule has 11 aromatic heterocycles. The number of methoxy groups -OCH3 is 1.